The van der Waals surface area contributed by atoms with Crippen LogP contribution in [0.4, 0.5) is 13.2 Å². The molecular formula is C19H22BrF3N6O. The van der Waals surface area contributed by atoms with E-state index in [1.807, 2.05) is 13.1 Å². The number of hydrogen-bond acceptors (Lipinski definition) is 4. The SMILES string of the molecule is Cc1nn(CCCNC(=O)c2cc3nc(C(C)(C)C)cc(C(F)(F)F)n3n2)cc1Br. The van der Waals surface area contributed by atoms with Crippen LogP contribution in [0.3, 0.4) is 0 Å². The van der Waals surface area contributed by atoms with Crippen LogP contribution in [0.1, 0.15) is 54.8 Å². The van der Waals surface area contributed by atoms with Crippen LogP contribution >= 0.6 is 15.9 Å². The minimum Gasteiger partial charge on any atom is -0.351 e. The van der Waals surface area contributed by atoms with Gasteiger partial charge in [-0.3, -0.25) is 9.48 Å². The quantitative estimate of drug-likeness (QED) is 0.550. The van der Waals surface area contributed by atoms with Crippen molar-refractivity contribution in [3.8, 4) is 0 Å². The van der Waals surface area contributed by atoms with Crippen LogP contribution < -0.4 is 5.32 Å². The fourth-order valence-corrected chi connectivity index (χ4v) is 3.13. The van der Waals surface area contributed by atoms with Gasteiger partial charge in [0.15, 0.2) is 11.3 Å². The number of aromatic nitrogens is 5. The lowest BCUT2D eigenvalue weighted by atomic mass is 9.91. The molecule has 162 valence electrons. The Morgan fingerprint density at radius 2 is 1.90 bits per heavy atom. The Morgan fingerprint density at radius 3 is 2.47 bits per heavy atom. The van der Waals surface area contributed by atoms with Gasteiger partial charge < -0.3 is 5.32 Å². The number of nitrogens with zero attached hydrogens (tertiary/aromatic N) is 5. The number of fused-ring (bicyclic) bond motifs is 1. The van der Waals surface area contributed by atoms with Gasteiger partial charge in [-0.25, -0.2) is 9.50 Å². The summed E-state index contributed by atoms with van der Waals surface area (Å²) < 4.78 is 43.9. The lowest BCUT2D eigenvalue weighted by Crippen LogP contribution is -2.26. The summed E-state index contributed by atoms with van der Waals surface area (Å²) in [5, 5.41) is 10.8. The molecule has 0 aliphatic heterocycles. The lowest BCUT2D eigenvalue weighted by Gasteiger charge is -2.19. The molecule has 0 aliphatic carbocycles. The van der Waals surface area contributed by atoms with E-state index in [1.54, 1.807) is 25.5 Å². The fourth-order valence-electron chi connectivity index (χ4n) is 2.81. The molecule has 0 saturated carbocycles. The average Bonchev–Trinajstić information content (AvgIpc) is 3.19. The monoisotopic (exact) mass is 486 g/mol. The van der Waals surface area contributed by atoms with Gasteiger partial charge in [0.25, 0.3) is 5.91 Å². The maximum Gasteiger partial charge on any atom is 0.433 e. The van der Waals surface area contributed by atoms with E-state index in [-0.39, 0.29) is 17.0 Å². The number of nitrogens with one attached hydrogen (secondary N) is 1. The van der Waals surface area contributed by atoms with Gasteiger partial charge in [-0.1, -0.05) is 20.8 Å². The Labute approximate surface area is 179 Å². The Balaban J connectivity index is 1.76. The largest absolute Gasteiger partial charge is 0.433 e. The van der Waals surface area contributed by atoms with Crippen LogP contribution in [0.5, 0.6) is 0 Å². The smallest absolute Gasteiger partial charge is 0.351 e. The minimum atomic E-state index is -4.63. The van der Waals surface area contributed by atoms with E-state index in [0.29, 0.717) is 24.0 Å². The van der Waals surface area contributed by atoms with Gasteiger partial charge in [0, 0.05) is 30.8 Å². The molecule has 7 nitrogen and oxygen atoms in total. The lowest BCUT2D eigenvalue weighted by molar-refractivity contribution is -0.142. The first kappa shape index (κ1) is 22.3. The number of alkyl halides is 3. The summed E-state index contributed by atoms with van der Waals surface area (Å²) in [7, 11) is 0. The Bertz CT molecular complexity index is 1060. The number of carbonyl (C=O) groups excluding carboxylic acids is 1. The van der Waals surface area contributed by atoms with Crippen molar-refractivity contribution in [2.45, 2.75) is 52.3 Å². The number of amides is 1. The first-order valence-corrected chi connectivity index (χ1v) is 10.1. The fraction of sp³-hybridized carbons (Fsp3) is 0.474. The predicted octanol–water partition coefficient (Wildman–Crippen LogP) is 4.13. The van der Waals surface area contributed by atoms with Crippen LogP contribution in [0.25, 0.3) is 5.65 Å². The minimum absolute atomic E-state index is 0.0169. The topological polar surface area (TPSA) is 77.1 Å². The Hall–Kier alpha value is -2.43. The summed E-state index contributed by atoms with van der Waals surface area (Å²) in [6, 6.07) is 2.25. The number of rotatable bonds is 5. The third-order valence-electron chi connectivity index (χ3n) is 4.45. The van der Waals surface area contributed by atoms with Crippen LogP contribution in [-0.4, -0.2) is 36.8 Å². The zero-order valence-corrected chi connectivity index (χ0v) is 18.6. The van der Waals surface area contributed by atoms with Gasteiger partial charge in [0.05, 0.1) is 15.9 Å². The van der Waals surface area contributed by atoms with E-state index in [9.17, 15) is 18.0 Å². The summed E-state index contributed by atoms with van der Waals surface area (Å²) in [4.78, 5) is 16.7. The van der Waals surface area contributed by atoms with Crippen molar-refractivity contribution in [1.29, 1.82) is 0 Å². The van der Waals surface area contributed by atoms with Gasteiger partial charge in [-0.2, -0.15) is 23.4 Å². The first-order valence-electron chi connectivity index (χ1n) is 9.32. The van der Waals surface area contributed by atoms with Crippen molar-refractivity contribution in [2.24, 2.45) is 0 Å². The molecule has 3 rings (SSSR count). The molecule has 0 atom stereocenters. The van der Waals surface area contributed by atoms with Gasteiger partial charge >= 0.3 is 6.18 Å². The molecular weight excluding hydrogens is 465 g/mol. The van der Waals surface area contributed by atoms with E-state index in [4.69, 9.17) is 0 Å². The highest BCUT2D eigenvalue weighted by atomic mass is 79.9. The third-order valence-corrected chi connectivity index (χ3v) is 5.23. The average molecular weight is 487 g/mol. The zero-order valence-electron chi connectivity index (χ0n) is 17.0. The number of halogens is 4. The normalized spacial score (nSPS) is 12.5. The van der Waals surface area contributed by atoms with Crippen molar-refractivity contribution in [3.63, 3.8) is 0 Å². The molecule has 0 unspecified atom stereocenters. The number of hydrogen-bond donors (Lipinski definition) is 1. The molecule has 11 heteroatoms. The summed E-state index contributed by atoms with van der Waals surface area (Å²) in [5.41, 5.74) is -0.542. The van der Waals surface area contributed by atoms with Gasteiger partial charge in [-0.15, -0.1) is 0 Å². The second-order valence-corrected chi connectivity index (χ2v) is 8.86. The molecule has 3 aromatic rings. The predicted molar refractivity (Wildman–Crippen MR) is 108 cm³/mol. The van der Waals surface area contributed by atoms with E-state index in [0.717, 1.165) is 16.2 Å². The maximum absolute atomic E-state index is 13.5. The standard InChI is InChI=1S/C19H22BrF3N6O/c1-11-12(20)10-28(26-11)7-5-6-24-17(30)13-8-16-25-14(18(2,3)4)9-15(19(21,22)23)29(16)27-13/h8-10H,5-7H2,1-4H3,(H,24,30). The van der Waals surface area contributed by atoms with E-state index < -0.39 is 23.2 Å². The summed E-state index contributed by atoms with van der Waals surface area (Å²) in [6.45, 7) is 8.11. The van der Waals surface area contributed by atoms with Crippen LogP contribution in [0.15, 0.2) is 22.8 Å². The van der Waals surface area contributed by atoms with E-state index in [1.165, 1.54) is 6.07 Å². The van der Waals surface area contributed by atoms with Crippen molar-refractivity contribution in [2.75, 3.05) is 6.54 Å². The van der Waals surface area contributed by atoms with E-state index >= 15 is 0 Å². The second-order valence-electron chi connectivity index (χ2n) is 8.01. The molecule has 0 radical (unpaired) electrons. The Kier molecular flexibility index (Phi) is 5.94. The first-order chi connectivity index (χ1) is 13.9. The third kappa shape index (κ3) is 4.82. The molecule has 30 heavy (non-hydrogen) atoms. The molecule has 0 bridgehead atoms. The summed E-state index contributed by atoms with van der Waals surface area (Å²) >= 11 is 3.38. The van der Waals surface area contributed by atoms with E-state index in [2.05, 4.69) is 36.4 Å². The summed E-state index contributed by atoms with van der Waals surface area (Å²) in [6.07, 6.45) is -2.18. The highest BCUT2D eigenvalue weighted by Crippen LogP contribution is 2.32. The number of aryl methyl sites for hydroxylation is 2. The zero-order chi connectivity index (χ0) is 22.3. The molecule has 3 aromatic heterocycles. The molecule has 0 aromatic carbocycles. The highest BCUT2D eigenvalue weighted by Gasteiger charge is 2.36. The van der Waals surface area contributed by atoms with Crippen molar-refractivity contribution in [1.82, 2.24) is 29.7 Å². The molecule has 3 heterocycles. The second kappa shape index (κ2) is 8.01. The van der Waals surface area contributed by atoms with Crippen molar-refractivity contribution in [3.05, 3.63) is 45.6 Å². The maximum atomic E-state index is 13.5. The summed E-state index contributed by atoms with van der Waals surface area (Å²) in [5.74, 6) is -0.552. The van der Waals surface area contributed by atoms with Crippen LogP contribution in [0, 0.1) is 6.92 Å². The molecule has 0 aliphatic rings. The van der Waals surface area contributed by atoms with Crippen LogP contribution in [0.2, 0.25) is 0 Å². The molecule has 0 fully saturated rings. The highest BCUT2D eigenvalue weighted by molar-refractivity contribution is 9.10. The van der Waals surface area contributed by atoms with Gasteiger partial charge in [-0.05, 0) is 35.3 Å². The molecule has 1 N–H and O–H groups in total. The van der Waals surface area contributed by atoms with Crippen molar-refractivity contribution < 1.29 is 18.0 Å². The Morgan fingerprint density at radius 1 is 1.20 bits per heavy atom. The van der Waals surface area contributed by atoms with Crippen molar-refractivity contribution >= 4 is 27.5 Å². The molecule has 0 saturated heterocycles. The van der Waals surface area contributed by atoms with Crippen LogP contribution in [-0.2, 0) is 18.1 Å². The molecule has 0 spiro atoms. The number of carbonyl (C=O) groups is 1. The van der Waals surface area contributed by atoms with Gasteiger partial charge in [0.2, 0.25) is 0 Å². The van der Waals surface area contributed by atoms with Gasteiger partial charge in [0.1, 0.15) is 5.69 Å². The molecule has 1 amide bonds.